The molecule has 3 nitrogen and oxygen atoms in total. The Morgan fingerprint density at radius 2 is 1.95 bits per heavy atom. The second-order valence-electron chi connectivity index (χ2n) is 5.72. The zero-order chi connectivity index (χ0) is 16.2. The van der Waals surface area contributed by atoms with Gasteiger partial charge in [-0.2, -0.15) is 0 Å². The number of amides is 1. The van der Waals surface area contributed by atoms with Gasteiger partial charge in [-0.1, -0.05) is 32.9 Å². The fourth-order valence-electron chi connectivity index (χ4n) is 1.66. The van der Waals surface area contributed by atoms with Gasteiger partial charge in [-0.05, 0) is 18.4 Å². The van der Waals surface area contributed by atoms with Gasteiger partial charge < -0.3 is 5.32 Å². The number of thiazole rings is 1. The standard InChI is InChI=1S/C16H20N2OS3/c1-16(2,3)22-10-14(19)18-15-17-13(9-21-15)11-5-7-12(20-4)8-6-11/h5-9H,10H2,1-4H3,(H,17,18,19). The van der Waals surface area contributed by atoms with E-state index in [1.54, 1.807) is 23.5 Å². The summed E-state index contributed by atoms with van der Waals surface area (Å²) >= 11 is 4.81. The largest absolute Gasteiger partial charge is 0.301 e. The van der Waals surface area contributed by atoms with Crippen molar-refractivity contribution in [2.24, 2.45) is 0 Å². The number of hydrogen-bond donors (Lipinski definition) is 1. The number of aromatic nitrogens is 1. The third kappa shape index (κ3) is 5.34. The van der Waals surface area contributed by atoms with Gasteiger partial charge in [0, 0.05) is 20.6 Å². The Bertz CT molecular complexity index is 630. The topological polar surface area (TPSA) is 42.0 Å². The molecule has 0 aliphatic rings. The summed E-state index contributed by atoms with van der Waals surface area (Å²) in [6, 6.07) is 8.28. The number of nitrogens with one attached hydrogen (secondary N) is 1. The molecule has 0 radical (unpaired) electrons. The monoisotopic (exact) mass is 352 g/mol. The Balaban J connectivity index is 1.97. The molecular formula is C16H20N2OS3. The molecule has 1 amide bonds. The predicted molar refractivity (Wildman–Crippen MR) is 100 cm³/mol. The van der Waals surface area contributed by atoms with Gasteiger partial charge in [0.2, 0.25) is 5.91 Å². The third-order valence-electron chi connectivity index (χ3n) is 2.77. The van der Waals surface area contributed by atoms with Gasteiger partial charge in [-0.3, -0.25) is 4.79 Å². The van der Waals surface area contributed by atoms with Crippen LogP contribution in [0.15, 0.2) is 34.5 Å². The highest BCUT2D eigenvalue weighted by atomic mass is 32.2. The van der Waals surface area contributed by atoms with E-state index >= 15 is 0 Å². The molecule has 0 saturated carbocycles. The highest BCUT2D eigenvalue weighted by Gasteiger charge is 2.14. The molecule has 1 aromatic carbocycles. The van der Waals surface area contributed by atoms with Crippen LogP contribution in [0.2, 0.25) is 0 Å². The SMILES string of the molecule is CSc1ccc(-c2csc(NC(=O)CSC(C)(C)C)n2)cc1. The summed E-state index contributed by atoms with van der Waals surface area (Å²) in [7, 11) is 0. The number of hydrogen-bond acceptors (Lipinski definition) is 5. The van der Waals surface area contributed by atoms with Gasteiger partial charge in [-0.15, -0.1) is 34.9 Å². The van der Waals surface area contributed by atoms with E-state index in [-0.39, 0.29) is 10.7 Å². The molecule has 2 aromatic rings. The maximum Gasteiger partial charge on any atom is 0.236 e. The van der Waals surface area contributed by atoms with Crippen molar-refractivity contribution in [2.45, 2.75) is 30.4 Å². The zero-order valence-corrected chi connectivity index (χ0v) is 15.6. The van der Waals surface area contributed by atoms with Gasteiger partial charge in [0.05, 0.1) is 11.4 Å². The van der Waals surface area contributed by atoms with Crippen LogP contribution in [0.5, 0.6) is 0 Å². The number of carbonyl (C=O) groups is 1. The highest BCUT2D eigenvalue weighted by Crippen LogP contribution is 2.27. The lowest BCUT2D eigenvalue weighted by atomic mass is 10.2. The van der Waals surface area contributed by atoms with E-state index in [4.69, 9.17) is 0 Å². The highest BCUT2D eigenvalue weighted by molar-refractivity contribution is 8.01. The van der Waals surface area contributed by atoms with Gasteiger partial charge in [-0.25, -0.2) is 4.98 Å². The first-order chi connectivity index (χ1) is 10.4. The number of thioether (sulfide) groups is 2. The Morgan fingerprint density at radius 1 is 1.27 bits per heavy atom. The molecule has 0 unspecified atom stereocenters. The number of rotatable bonds is 5. The van der Waals surface area contributed by atoms with Crippen LogP contribution in [-0.2, 0) is 4.79 Å². The molecule has 1 aromatic heterocycles. The van der Waals surface area contributed by atoms with Gasteiger partial charge >= 0.3 is 0 Å². The minimum absolute atomic E-state index is 0.00134. The molecule has 0 bridgehead atoms. The van der Waals surface area contributed by atoms with Crippen molar-refractivity contribution in [1.29, 1.82) is 0 Å². The molecule has 118 valence electrons. The Morgan fingerprint density at radius 3 is 2.55 bits per heavy atom. The number of anilines is 1. The summed E-state index contributed by atoms with van der Waals surface area (Å²) in [5.41, 5.74) is 1.97. The normalized spacial score (nSPS) is 11.5. The molecule has 0 saturated heterocycles. The predicted octanol–water partition coefficient (Wildman–Crippen LogP) is 5.00. The van der Waals surface area contributed by atoms with Crippen molar-refractivity contribution >= 4 is 45.9 Å². The molecule has 0 fully saturated rings. The Kier molecular flexibility index (Phi) is 5.94. The summed E-state index contributed by atoms with van der Waals surface area (Å²) in [5, 5.41) is 5.50. The summed E-state index contributed by atoms with van der Waals surface area (Å²) in [6.45, 7) is 6.31. The molecule has 0 aliphatic heterocycles. The first-order valence-electron chi connectivity index (χ1n) is 6.91. The van der Waals surface area contributed by atoms with Crippen LogP contribution in [0.4, 0.5) is 5.13 Å². The van der Waals surface area contributed by atoms with Crippen LogP contribution in [0.3, 0.4) is 0 Å². The average Bonchev–Trinajstić information content (AvgIpc) is 2.93. The quantitative estimate of drug-likeness (QED) is 0.769. The Hall–Kier alpha value is -0.980. The Labute approximate surface area is 144 Å². The lowest BCUT2D eigenvalue weighted by Crippen LogP contribution is -2.18. The van der Waals surface area contributed by atoms with Gasteiger partial charge in [0.1, 0.15) is 0 Å². The first-order valence-corrected chi connectivity index (χ1v) is 10.00. The minimum atomic E-state index is -0.00134. The minimum Gasteiger partial charge on any atom is -0.301 e. The van der Waals surface area contributed by atoms with Crippen LogP contribution in [0.1, 0.15) is 20.8 Å². The second-order valence-corrected chi connectivity index (χ2v) is 9.26. The van der Waals surface area contributed by atoms with Crippen molar-refractivity contribution in [3.05, 3.63) is 29.6 Å². The lowest BCUT2D eigenvalue weighted by Gasteiger charge is -2.16. The van der Waals surface area contributed by atoms with E-state index in [0.29, 0.717) is 10.9 Å². The van der Waals surface area contributed by atoms with Crippen molar-refractivity contribution in [2.75, 3.05) is 17.3 Å². The van der Waals surface area contributed by atoms with Crippen molar-refractivity contribution in [1.82, 2.24) is 4.98 Å². The molecule has 0 spiro atoms. The zero-order valence-electron chi connectivity index (χ0n) is 13.2. The maximum absolute atomic E-state index is 11.9. The summed E-state index contributed by atoms with van der Waals surface area (Å²) in [4.78, 5) is 17.6. The van der Waals surface area contributed by atoms with E-state index < -0.39 is 0 Å². The van der Waals surface area contributed by atoms with Crippen LogP contribution in [-0.4, -0.2) is 27.6 Å². The molecule has 0 atom stereocenters. The van der Waals surface area contributed by atoms with E-state index in [1.807, 2.05) is 5.38 Å². The fraction of sp³-hybridized carbons (Fsp3) is 0.375. The number of nitrogens with zero attached hydrogens (tertiary/aromatic N) is 1. The smallest absolute Gasteiger partial charge is 0.236 e. The molecule has 2 rings (SSSR count). The van der Waals surface area contributed by atoms with Gasteiger partial charge in [0.25, 0.3) is 0 Å². The molecule has 22 heavy (non-hydrogen) atoms. The van der Waals surface area contributed by atoms with Crippen molar-refractivity contribution in [3.63, 3.8) is 0 Å². The van der Waals surface area contributed by atoms with Crippen LogP contribution in [0.25, 0.3) is 11.3 Å². The average molecular weight is 353 g/mol. The lowest BCUT2D eigenvalue weighted by molar-refractivity contribution is -0.113. The molecule has 6 heteroatoms. The van der Waals surface area contributed by atoms with Crippen LogP contribution < -0.4 is 5.32 Å². The van der Waals surface area contributed by atoms with Crippen molar-refractivity contribution in [3.8, 4) is 11.3 Å². The third-order valence-corrected chi connectivity index (χ3v) is 5.55. The molecular weight excluding hydrogens is 332 g/mol. The van der Waals surface area contributed by atoms with E-state index in [9.17, 15) is 4.79 Å². The van der Waals surface area contributed by atoms with Crippen molar-refractivity contribution < 1.29 is 4.79 Å². The summed E-state index contributed by atoms with van der Waals surface area (Å²) < 4.78 is 0.0877. The van der Waals surface area contributed by atoms with E-state index in [1.165, 1.54) is 16.2 Å². The van der Waals surface area contributed by atoms with Crippen LogP contribution in [0, 0.1) is 0 Å². The fourth-order valence-corrected chi connectivity index (χ4v) is 3.44. The number of benzene rings is 1. The number of carbonyl (C=O) groups excluding carboxylic acids is 1. The van der Waals surface area contributed by atoms with Crippen LogP contribution >= 0.6 is 34.9 Å². The van der Waals surface area contributed by atoms with E-state index in [0.717, 1.165) is 11.3 Å². The summed E-state index contributed by atoms with van der Waals surface area (Å²) in [6.07, 6.45) is 2.06. The first kappa shape index (κ1) is 17.4. The molecule has 0 aliphatic carbocycles. The molecule has 1 heterocycles. The second kappa shape index (κ2) is 7.53. The summed E-state index contributed by atoms with van der Waals surface area (Å²) in [5.74, 6) is 0.444. The van der Waals surface area contributed by atoms with E-state index in [2.05, 4.69) is 61.6 Å². The molecule has 1 N–H and O–H groups in total. The maximum atomic E-state index is 11.9. The van der Waals surface area contributed by atoms with Gasteiger partial charge in [0.15, 0.2) is 5.13 Å².